The van der Waals surface area contributed by atoms with Crippen molar-refractivity contribution in [1.29, 1.82) is 0 Å². The van der Waals surface area contributed by atoms with Crippen LogP contribution in [0.5, 0.6) is 0 Å². The predicted molar refractivity (Wildman–Crippen MR) is 204 cm³/mol. The second kappa shape index (κ2) is 11.0. The van der Waals surface area contributed by atoms with Gasteiger partial charge >= 0.3 is 0 Å². The third-order valence-electron chi connectivity index (χ3n) is 9.69. The number of amidine groups is 2. The number of nitrogens with zero attached hydrogens (tertiary/aromatic N) is 2. The van der Waals surface area contributed by atoms with E-state index in [0.717, 1.165) is 77.4 Å². The minimum atomic E-state index is -0.448. The highest BCUT2D eigenvalue weighted by Crippen LogP contribution is 2.40. The molecule has 0 saturated carbocycles. The second-order valence-electron chi connectivity index (χ2n) is 12.6. The van der Waals surface area contributed by atoms with Crippen LogP contribution in [-0.2, 0) is 0 Å². The zero-order valence-corrected chi connectivity index (χ0v) is 26.5. The average molecular weight is 628 g/mol. The van der Waals surface area contributed by atoms with Gasteiger partial charge < -0.3 is 9.73 Å². The van der Waals surface area contributed by atoms with Crippen LogP contribution in [0.4, 0.5) is 0 Å². The molecular formula is C45H29N3O. The summed E-state index contributed by atoms with van der Waals surface area (Å²) in [7, 11) is 0. The molecule has 4 nitrogen and oxygen atoms in total. The molecule has 1 unspecified atom stereocenters. The molecule has 0 radical (unpaired) electrons. The van der Waals surface area contributed by atoms with Crippen molar-refractivity contribution in [1.82, 2.24) is 5.32 Å². The summed E-state index contributed by atoms with van der Waals surface area (Å²) >= 11 is 0. The van der Waals surface area contributed by atoms with Crippen molar-refractivity contribution in [2.24, 2.45) is 9.98 Å². The monoisotopic (exact) mass is 627 g/mol. The summed E-state index contributed by atoms with van der Waals surface area (Å²) in [5, 5.41) is 12.7. The summed E-state index contributed by atoms with van der Waals surface area (Å²) in [6, 6.07) is 57.5. The first-order valence-corrected chi connectivity index (χ1v) is 16.6. The Hall–Kier alpha value is -6.52. The lowest BCUT2D eigenvalue weighted by Crippen LogP contribution is -2.36. The molecule has 1 atom stereocenters. The molecule has 8 aromatic carbocycles. The van der Waals surface area contributed by atoms with Crippen molar-refractivity contribution in [3.05, 3.63) is 180 Å². The van der Waals surface area contributed by atoms with Crippen LogP contribution in [0.15, 0.2) is 178 Å². The number of aliphatic imine (C=N–C) groups is 2. The number of benzene rings is 8. The number of fused-ring (bicyclic) bond motifs is 7. The van der Waals surface area contributed by atoms with E-state index in [1.165, 1.54) is 16.3 Å². The number of rotatable bonds is 4. The van der Waals surface area contributed by atoms with Crippen molar-refractivity contribution in [3.63, 3.8) is 0 Å². The van der Waals surface area contributed by atoms with Crippen LogP contribution >= 0.6 is 0 Å². The van der Waals surface area contributed by atoms with Gasteiger partial charge in [0, 0.05) is 21.7 Å². The fraction of sp³-hybridized carbons (Fsp3) is 0.0222. The van der Waals surface area contributed by atoms with Gasteiger partial charge in [0.05, 0.1) is 5.56 Å². The highest BCUT2D eigenvalue weighted by Gasteiger charge is 2.26. The molecule has 0 fully saturated rings. The Labute approximate surface area is 282 Å². The van der Waals surface area contributed by atoms with Gasteiger partial charge in [0.15, 0.2) is 6.17 Å². The lowest BCUT2D eigenvalue weighted by molar-refractivity contribution is 0.671. The van der Waals surface area contributed by atoms with Crippen LogP contribution in [0, 0.1) is 0 Å². The van der Waals surface area contributed by atoms with Crippen molar-refractivity contribution >= 4 is 65.9 Å². The molecule has 1 aromatic heterocycles. The number of hydrogen-bond donors (Lipinski definition) is 1. The molecule has 2 heterocycles. The van der Waals surface area contributed by atoms with E-state index >= 15 is 0 Å². The molecule has 4 heteroatoms. The van der Waals surface area contributed by atoms with E-state index in [-0.39, 0.29) is 0 Å². The Kier molecular flexibility index (Phi) is 6.21. The highest BCUT2D eigenvalue weighted by atomic mass is 16.3. The maximum Gasteiger partial charge on any atom is 0.169 e. The standard InChI is InChI=1S/C45H29N3O/c1-2-12-31(13-3-1)43-46-44(32-21-18-29(19-22-32)34-23-20-28-10-4-5-14-33(28)26-34)48-45(47-43)40-36-16-8-7-15-35(36)27-39-38-25-24-30-11-6-9-17-37(30)41(38)49-42(39)40/h1-27,44H,(H,46,47,48). The summed E-state index contributed by atoms with van der Waals surface area (Å²) in [6.45, 7) is 0. The van der Waals surface area contributed by atoms with Gasteiger partial charge in [-0.1, -0.05) is 146 Å². The fourth-order valence-electron chi connectivity index (χ4n) is 7.22. The lowest BCUT2D eigenvalue weighted by Gasteiger charge is -2.23. The van der Waals surface area contributed by atoms with Crippen molar-refractivity contribution in [2.45, 2.75) is 6.17 Å². The zero-order valence-electron chi connectivity index (χ0n) is 26.5. The van der Waals surface area contributed by atoms with Gasteiger partial charge in [0.25, 0.3) is 0 Å². The van der Waals surface area contributed by atoms with Crippen LogP contribution in [0.1, 0.15) is 22.9 Å². The SMILES string of the molecule is c1ccc(C2=NC(c3ccc(-c4ccc5ccccc5c4)cc3)N=C(c3c4ccccc4cc4c3oc3c5ccccc5ccc43)N2)cc1. The van der Waals surface area contributed by atoms with E-state index in [2.05, 4.69) is 151 Å². The summed E-state index contributed by atoms with van der Waals surface area (Å²) in [5.41, 5.74) is 7.00. The smallest absolute Gasteiger partial charge is 0.169 e. The third-order valence-corrected chi connectivity index (χ3v) is 9.69. The summed E-state index contributed by atoms with van der Waals surface area (Å²) in [6.07, 6.45) is -0.448. The average Bonchev–Trinajstić information content (AvgIpc) is 3.55. The normalized spacial score (nSPS) is 14.7. The molecule has 49 heavy (non-hydrogen) atoms. The molecular weight excluding hydrogens is 599 g/mol. The van der Waals surface area contributed by atoms with Gasteiger partial charge in [-0.25, -0.2) is 9.98 Å². The molecule has 0 aliphatic carbocycles. The molecule has 9 aromatic rings. The summed E-state index contributed by atoms with van der Waals surface area (Å²) < 4.78 is 6.87. The Morgan fingerprint density at radius 1 is 0.408 bits per heavy atom. The van der Waals surface area contributed by atoms with Crippen molar-refractivity contribution in [3.8, 4) is 11.1 Å². The van der Waals surface area contributed by atoms with Gasteiger partial charge in [-0.2, -0.15) is 0 Å². The minimum Gasteiger partial charge on any atom is -0.455 e. The first-order chi connectivity index (χ1) is 24.3. The van der Waals surface area contributed by atoms with Gasteiger partial charge in [-0.15, -0.1) is 0 Å². The molecule has 230 valence electrons. The van der Waals surface area contributed by atoms with E-state index in [1.54, 1.807) is 0 Å². The van der Waals surface area contributed by atoms with Crippen LogP contribution in [0.3, 0.4) is 0 Å². The van der Waals surface area contributed by atoms with E-state index in [4.69, 9.17) is 14.4 Å². The third kappa shape index (κ3) is 4.61. The van der Waals surface area contributed by atoms with Crippen LogP contribution in [0.25, 0.3) is 65.4 Å². The lowest BCUT2D eigenvalue weighted by atomic mass is 9.97. The predicted octanol–water partition coefficient (Wildman–Crippen LogP) is 11.2. The first-order valence-electron chi connectivity index (χ1n) is 16.6. The second-order valence-corrected chi connectivity index (χ2v) is 12.6. The first kappa shape index (κ1) is 27.6. The molecule has 1 aliphatic heterocycles. The molecule has 0 bridgehead atoms. The molecule has 1 N–H and O–H groups in total. The van der Waals surface area contributed by atoms with Crippen LogP contribution in [-0.4, -0.2) is 11.7 Å². The molecule has 0 spiro atoms. The maximum atomic E-state index is 6.87. The van der Waals surface area contributed by atoms with Gasteiger partial charge in [-0.05, 0) is 61.8 Å². The van der Waals surface area contributed by atoms with Crippen LogP contribution in [0.2, 0.25) is 0 Å². The molecule has 0 saturated heterocycles. The number of furan rings is 1. The Morgan fingerprint density at radius 3 is 1.90 bits per heavy atom. The number of hydrogen-bond acceptors (Lipinski definition) is 4. The fourth-order valence-corrected chi connectivity index (χ4v) is 7.22. The largest absolute Gasteiger partial charge is 0.455 e. The Morgan fingerprint density at radius 2 is 1.06 bits per heavy atom. The van der Waals surface area contributed by atoms with Crippen LogP contribution < -0.4 is 5.32 Å². The van der Waals surface area contributed by atoms with Gasteiger partial charge in [0.2, 0.25) is 0 Å². The molecule has 1 aliphatic rings. The Balaban J connectivity index is 1.16. The number of nitrogens with one attached hydrogen (secondary N) is 1. The van der Waals surface area contributed by atoms with Gasteiger partial charge in [-0.3, -0.25) is 0 Å². The summed E-state index contributed by atoms with van der Waals surface area (Å²) in [4.78, 5) is 10.5. The zero-order chi connectivity index (χ0) is 32.3. The Bertz CT molecular complexity index is 2790. The van der Waals surface area contributed by atoms with Gasteiger partial charge in [0.1, 0.15) is 22.8 Å². The molecule has 0 amide bonds. The minimum absolute atomic E-state index is 0.448. The van der Waals surface area contributed by atoms with E-state index < -0.39 is 6.17 Å². The van der Waals surface area contributed by atoms with E-state index in [0.29, 0.717) is 0 Å². The van der Waals surface area contributed by atoms with Crippen molar-refractivity contribution in [2.75, 3.05) is 0 Å². The quantitative estimate of drug-likeness (QED) is 0.211. The topological polar surface area (TPSA) is 49.9 Å². The van der Waals surface area contributed by atoms with E-state index in [1.807, 2.05) is 18.2 Å². The van der Waals surface area contributed by atoms with Crippen molar-refractivity contribution < 1.29 is 4.42 Å². The maximum absolute atomic E-state index is 6.87. The highest BCUT2D eigenvalue weighted by molar-refractivity contribution is 6.28. The molecule has 10 rings (SSSR count). The van der Waals surface area contributed by atoms with E-state index in [9.17, 15) is 0 Å². The summed E-state index contributed by atoms with van der Waals surface area (Å²) in [5.74, 6) is 1.51.